The molecule has 0 atom stereocenters. The summed E-state index contributed by atoms with van der Waals surface area (Å²) in [4.78, 5) is 2.52. The van der Waals surface area contributed by atoms with Crippen LogP contribution in [0.4, 0.5) is 0 Å². The first kappa shape index (κ1) is 18.0. The minimum Gasteiger partial charge on any atom is -0.328 e. The van der Waals surface area contributed by atoms with E-state index in [0.29, 0.717) is 6.04 Å². The molecule has 0 heterocycles. The van der Waals surface area contributed by atoms with Gasteiger partial charge in [-0.25, -0.2) is 0 Å². The highest BCUT2D eigenvalue weighted by molar-refractivity contribution is 4.83. The average Bonchev–Trinajstić information content (AvgIpc) is 2.39. The molecule has 2 nitrogen and oxygen atoms in total. The Morgan fingerprint density at radius 1 is 0.850 bits per heavy atom. The van der Waals surface area contributed by atoms with Gasteiger partial charge >= 0.3 is 0 Å². The van der Waals surface area contributed by atoms with Crippen molar-refractivity contribution in [1.82, 2.24) is 4.90 Å². The van der Waals surface area contributed by atoms with Crippen LogP contribution in [0.5, 0.6) is 0 Å². The fourth-order valence-electron chi connectivity index (χ4n) is 3.34. The predicted molar refractivity (Wildman–Crippen MR) is 90.0 cm³/mol. The fraction of sp³-hybridized carbons (Fsp3) is 1.00. The molecule has 20 heavy (non-hydrogen) atoms. The summed E-state index contributed by atoms with van der Waals surface area (Å²) < 4.78 is 0. The lowest BCUT2D eigenvalue weighted by Gasteiger charge is -2.35. The SMILES string of the molecule is CCCCCCCCCCCCN(C)CC1CC(N)C1. The second-order valence-corrected chi connectivity index (χ2v) is 7.04. The second-order valence-electron chi connectivity index (χ2n) is 7.04. The van der Waals surface area contributed by atoms with Gasteiger partial charge in [0.15, 0.2) is 0 Å². The lowest BCUT2D eigenvalue weighted by atomic mass is 9.80. The van der Waals surface area contributed by atoms with Crippen LogP contribution in [-0.2, 0) is 0 Å². The molecule has 120 valence electrons. The van der Waals surface area contributed by atoms with E-state index >= 15 is 0 Å². The summed E-state index contributed by atoms with van der Waals surface area (Å²) in [5, 5.41) is 0. The van der Waals surface area contributed by atoms with Crippen molar-refractivity contribution < 1.29 is 0 Å². The molecule has 0 saturated heterocycles. The van der Waals surface area contributed by atoms with E-state index in [9.17, 15) is 0 Å². The van der Waals surface area contributed by atoms with Crippen molar-refractivity contribution >= 4 is 0 Å². The highest BCUT2D eigenvalue weighted by atomic mass is 15.1. The summed E-state index contributed by atoms with van der Waals surface area (Å²) in [5.74, 6) is 0.887. The Bertz CT molecular complexity index is 211. The van der Waals surface area contributed by atoms with Crippen molar-refractivity contribution in [3.63, 3.8) is 0 Å². The van der Waals surface area contributed by atoms with E-state index in [4.69, 9.17) is 5.73 Å². The maximum atomic E-state index is 5.83. The summed E-state index contributed by atoms with van der Waals surface area (Å²) in [6.45, 7) is 4.84. The van der Waals surface area contributed by atoms with E-state index < -0.39 is 0 Å². The number of hydrogen-bond donors (Lipinski definition) is 1. The van der Waals surface area contributed by atoms with Crippen LogP contribution >= 0.6 is 0 Å². The summed E-state index contributed by atoms with van der Waals surface area (Å²) in [6.07, 6.45) is 16.8. The molecule has 0 radical (unpaired) electrons. The Morgan fingerprint density at radius 2 is 1.35 bits per heavy atom. The van der Waals surface area contributed by atoms with E-state index in [1.54, 1.807) is 0 Å². The van der Waals surface area contributed by atoms with Gasteiger partial charge in [0.1, 0.15) is 0 Å². The minimum atomic E-state index is 0.505. The smallest absolute Gasteiger partial charge is 0.00450 e. The fourth-order valence-corrected chi connectivity index (χ4v) is 3.34. The molecular formula is C18H38N2. The number of rotatable bonds is 13. The zero-order valence-electron chi connectivity index (χ0n) is 14.1. The highest BCUT2D eigenvalue weighted by Crippen LogP contribution is 2.26. The van der Waals surface area contributed by atoms with Crippen LogP contribution in [0, 0.1) is 5.92 Å². The molecule has 2 heteroatoms. The third-order valence-corrected chi connectivity index (χ3v) is 4.74. The molecule has 0 aromatic carbocycles. The largest absolute Gasteiger partial charge is 0.328 e. The summed E-state index contributed by atoms with van der Waals surface area (Å²) >= 11 is 0. The Balaban J connectivity index is 1.75. The van der Waals surface area contributed by atoms with Gasteiger partial charge < -0.3 is 10.6 Å². The zero-order chi connectivity index (χ0) is 14.6. The van der Waals surface area contributed by atoms with Gasteiger partial charge in [-0.05, 0) is 38.8 Å². The molecule has 1 saturated carbocycles. The Morgan fingerprint density at radius 3 is 1.85 bits per heavy atom. The van der Waals surface area contributed by atoms with Crippen molar-refractivity contribution in [2.75, 3.05) is 20.1 Å². The van der Waals surface area contributed by atoms with E-state index in [2.05, 4.69) is 18.9 Å². The molecule has 1 fully saturated rings. The van der Waals surface area contributed by atoms with Crippen LogP contribution in [0.1, 0.15) is 84.0 Å². The van der Waals surface area contributed by atoms with Crippen LogP contribution < -0.4 is 5.73 Å². The third-order valence-electron chi connectivity index (χ3n) is 4.74. The van der Waals surface area contributed by atoms with Crippen LogP contribution in [0.2, 0.25) is 0 Å². The van der Waals surface area contributed by atoms with Crippen LogP contribution in [-0.4, -0.2) is 31.1 Å². The molecule has 1 aliphatic carbocycles. The summed E-state index contributed by atoms with van der Waals surface area (Å²) in [6, 6.07) is 0.505. The first-order valence-corrected chi connectivity index (χ1v) is 9.16. The zero-order valence-corrected chi connectivity index (χ0v) is 14.1. The molecule has 1 aliphatic rings. The topological polar surface area (TPSA) is 29.3 Å². The molecular weight excluding hydrogens is 244 g/mol. The predicted octanol–water partition coefficient (Wildman–Crippen LogP) is 4.58. The van der Waals surface area contributed by atoms with E-state index in [-0.39, 0.29) is 0 Å². The van der Waals surface area contributed by atoms with Gasteiger partial charge in [0.2, 0.25) is 0 Å². The van der Waals surface area contributed by atoms with Gasteiger partial charge in [0.25, 0.3) is 0 Å². The molecule has 1 rings (SSSR count). The molecule has 0 amide bonds. The quantitative estimate of drug-likeness (QED) is 0.501. The lowest BCUT2D eigenvalue weighted by molar-refractivity contribution is 0.180. The van der Waals surface area contributed by atoms with Gasteiger partial charge in [-0.1, -0.05) is 64.7 Å². The number of nitrogens with two attached hydrogens (primary N) is 1. The highest BCUT2D eigenvalue weighted by Gasteiger charge is 2.26. The molecule has 0 aromatic heterocycles. The van der Waals surface area contributed by atoms with Gasteiger partial charge in [-0.3, -0.25) is 0 Å². The van der Waals surface area contributed by atoms with Crippen LogP contribution in [0.25, 0.3) is 0 Å². The van der Waals surface area contributed by atoms with Gasteiger partial charge in [-0.2, -0.15) is 0 Å². The van der Waals surface area contributed by atoms with Crippen LogP contribution in [0.3, 0.4) is 0 Å². The Kier molecular flexibility index (Phi) is 10.4. The van der Waals surface area contributed by atoms with Crippen LogP contribution in [0.15, 0.2) is 0 Å². The Hall–Kier alpha value is -0.0800. The number of unbranched alkanes of at least 4 members (excludes halogenated alkanes) is 9. The van der Waals surface area contributed by atoms with Gasteiger partial charge in [0.05, 0.1) is 0 Å². The third kappa shape index (κ3) is 8.97. The monoisotopic (exact) mass is 282 g/mol. The second kappa shape index (κ2) is 11.6. The summed E-state index contributed by atoms with van der Waals surface area (Å²) in [5.41, 5.74) is 5.83. The van der Waals surface area contributed by atoms with Crippen molar-refractivity contribution in [3.8, 4) is 0 Å². The number of hydrogen-bond acceptors (Lipinski definition) is 2. The van der Waals surface area contributed by atoms with Crippen molar-refractivity contribution in [1.29, 1.82) is 0 Å². The first-order valence-electron chi connectivity index (χ1n) is 9.16. The molecule has 0 spiro atoms. The molecule has 2 N–H and O–H groups in total. The van der Waals surface area contributed by atoms with Gasteiger partial charge in [0, 0.05) is 12.6 Å². The first-order chi connectivity index (χ1) is 9.72. The lowest BCUT2D eigenvalue weighted by Crippen LogP contribution is -2.42. The van der Waals surface area contributed by atoms with E-state index in [0.717, 1.165) is 5.92 Å². The maximum absolute atomic E-state index is 5.83. The maximum Gasteiger partial charge on any atom is 0.00450 e. The normalized spacial score (nSPS) is 22.2. The molecule has 0 bridgehead atoms. The van der Waals surface area contributed by atoms with Gasteiger partial charge in [-0.15, -0.1) is 0 Å². The Labute approximate surface area is 127 Å². The molecule has 0 aromatic rings. The summed E-state index contributed by atoms with van der Waals surface area (Å²) in [7, 11) is 2.28. The minimum absolute atomic E-state index is 0.505. The van der Waals surface area contributed by atoms with Crippen molar-refractivity contribution in [2.24, 2.45) is 11.7 Å². The average molecular weight is 283 g/mol. The van der Waals surface area contributed by atoms with Crippen molar-refractivity contribution in [3.05, 3.63) is 0 Å². The van der Waals surface area contributed by atoms with E-state index in [1.807, 2.05) is 0 Å². The van der Waals surface area contributed by atoms with E-state index in [1.165, 1.54) is 90.1 Å². The molecule has 0 aliphatic heterocycles. The standard InChI is InChI=1S/C18H38N2/c1-3-4-5-6-7-8-9-10-11-12-13-20(2)16-17-14-18(19)15-17/h17-18H,3-16,19H2,1-2H3. The van der Waals surface area contributed by atoms with Crippen molar-refractivity contribution in [2.45, 2.75) is 90.0 Å². The molecule has 0 unspecified atom stereocenters. The number of nitrogens with zero attached hydrogens (tertiary/aromatic N) is 1.